The van der Waals surface area contributed by atoms with Crippen LogP contribution in [0.1, 0.15) is 11.1 Å². The van der Waals surface area contributed by atoms with Crippen LogP contribution in [-0.2, 0) is 10.0 Å². The summed E-state index contributed by atoms with van der Waals surface area (Å²) in [6, 6.07) is 8.39. The van der Waals surface area contributed by atoms with Gasteiger partial charge in [-0.05, 0) is 65.2 Å². The standard InChI is InChI=1S/C14H14Br2N2O2S/c1-8-3-5-12(9(2)14(8)17)18-21(19,20)13-6-4-10(15)7-11(13)16/h3-7,18H,17H2,1-2H3. The fourth-order valence-corrected chi connectivity index (χ4v) is 4.74. The van der Waals surface area contributed by atoms with Crippen LogP contribution in [0.4, 0.5) is 11.4 Å². The molecule has 0 aliphatic heterocycles. The van der Waals surface area contributed by atoms with Crippen LogP contribution < -0.4 is 10.5 Å². The lowest BCUT2D eigenvalue weighted by Gasteiger charge is -2.14. The largest absolute Gasteiger partial charge is 0.398 e. The van der Waals surface area contributed by atoms with Crippen LogP contribution in [0.5, 0.6) is 0 Å². The van der Waals surface area contributed by atoms with Gasteiger partial charge in [0.25, 0.3) is 10.0 Å². The van der Waals surface area contributed by atoms with Gasteiger partial charge in [-0.3, -0.25) is 4.72 Å². The average Bonchev–Trinajstić information content (AvgIpc) is 2.39. The van der Waals surface area contributed by atoms with Crippen molar-refractivity contribution < 1.29 is 8.42 Å². The molecule has 2 aromatic carbocycles. The predicted molar refractivity (Wildman–Crippen MR) is 93.0 cm³/mol. The second-order valence-corrected chi connectivity index (χ2v) is 8.07. The summed E-state index contributed by atoms with van der Waals surface area (Å²) >= 11 is 6.56. The molecule has 2 rings (SSSR count). The zero-order valence-corrected chi connectivity index (χ0v) is 15.4. The quantitative estimate of drug-likeness (QED) is 0.712. The molecule has 3 N–H and O–H groups in total. The van der Waals surface area contributed by atoms with E-state index in [1.54, 1.807) is 31.2 Å². The van der Waals surface area contributed by atoms with Gasteiger partial charge in [-0.1, -0.05) is 22.0 Å². The van der Waals surface area contributed by atoms with Crippen molar-refractivity contribution in [2.45, 2.75) is 18.7 Å². The Balaban J connectivity index is 2.45. The smallest absolute Gasteiger partial charge is 0.263 e. The molecule has 0 bridgehead atoms. The molecule has 0 unspecified atom stereocenters. The third kappa shape index (κ3) is 3.41. The summed E-state index contributed by atoms with van der Waals surface area (Å²) in [4.78, 5) is 0.171. The number of rotatable bonds is 3. The minimum absolute atomic E-state index is 0.171. The number of aryl methyl sites for hydroxylation is 1. The Kier molecular flexibility index (Phi) is 4.65. The maximum absolute atomic E-state index is 12.5. The molecule has 0 radical (unpaired) electrons. The molecular formula is C14H14Br2N2O2S. The molecular weight excluding hydrogens is 420 g/mol. The second-order valence-electron chi connectivity index (χ2n) is 4.65. The van der Waals surface area contributed by atoms with Crippen molar-refractivity contribution >= 4 is 53.3 Å². The second kappa shape index (κ2) is 5.98. The van der Waals surface area contributed by atoms with Gasteiger partial charge in [0.15, 0.2) is 0 Å². The topological polar surface area (TPSA) is 72.2 Å². The number of nitrogens with two attached hydrogens (primary N) is 1. The van der Waals surface area contributed by atoms with E-state index < -0.39 is 10.0 Å². The Bertz CT molecular complexity index is 805. The van der Waals surface area contributed by atoms with E-state index in [9.17, 15) is 8.42 Å². The van der Waals surface area contributed by atoms with Crippen LogP contribution in [0.25, 0.3) is 0 Å². The summed E-state index contributed by atoms with van der Waals surface area (Å²) in [5.41, 5.74) is 8.64. The van der Waals surface area contributed by atoms with Gasteiger partial charge < -0.3 is 5.73 Å². The maximum Gasteiger partial charge on any atom is 0.263 e. The first-order chi connectivity index (χ1) is 9.72. The van der Waals surface area contributed by atoms with Crippen LogP contribution >= 0.6 is 31.9 Å². The Hall–Kier alpha value is -1.05. The van der Waals surface area contributed by atoms with E-state index in [1.807, 2.05) is 6.92 Å². The van der Waals surface area contributed by atoms with Crippen molar-refractivity contribution in [2.75, 3.05) is 10.5 Å². The van der Waals surface area contributed by atoms with Crippen LogP contribution in [-0.4, -0.2) is 8.42 Å². The highest BCUT2D eigenvalue weighted by atomic mass is 79.9. The zero-order chi connectivity index (χ0) is 15.8. The molecule has 7 heteroatoms. The van der Waals surface area contributed by atoms with Crippen molar-refractivity contribution in [2.24, 2.45) is 0 Å². The third-order valence-corrected chi connectivity index (χ3v) is 6.00. The fourth-order valence-electron chi connectivity index (χ4n) is 1.87. The fraction of sp³-hybridized carbons (Fsp3) is 0.143. The number of anilines is 2. The van der Waals surface area contributed by atoms with Gasteiger partial charge in [0.05, 0.1) is 5.69 Å². The molecule has 21 heavy (non-hydrogen) atoms. The van der Waals surface area contributed by atoms with E-state index in [0.717, 1.165) is 10.0 Å². The molecule has 0 saturated heterocycles. The minimum atomic E-state index is -3.69. The van der Waals surface area contributed by atoms with Crippen molar-refractivity contribution in [3.63, 3.8) is 0 Å². The van der Waals surface area contributed by atoms with E-state index in [1.165, 1.54) is 6.07 Å². The monoisotopic (exact) mass is 432 g/mol. The first-order valence-electron chi connectivity index (χ1n) is 6.06. The molecule has 0 saturated carbocycles. The summed E-state index contributed by atoms with van der Waals surface area (Å²) in [6.07, 6.45) is 0. The predicted octanol–water partition coefficient (Wildman–Crippen LogP) is 4.21. The van der Waals surface area contributed by atoms with Gasteiger partial charge in [0.2, 0.25) is 0 Å². The van der Waals surface area contributed by atoms with E-state index in [2.05, 4.69) is 36.6 Å². The number of hydrogen-bond acceptors (Lipinski definition) is 3. The summed E-state index contributed by atoms with van der Waals surface area (Å²) in [5.74, 6) is 0. The first kappa shape index (κ1) is 16.3. The number of hydrogen-bond donors (Lipinski definition) is 2. The Morgan fingerprint density at radius 1 is 1.10 bits per heavy atom. The lowest BCUT2D eigenvalue weighted by atomic mass is 10.1. The molecule has 112 valence electrons. The van der Waals surface area contributed by atoms with Crippen molar-refractivity contribution in [3.05, 3.63) is 50.4 Å². The molecule has 0 fully saturated rings. The average molecular weight is 434 g/mol. The van der Waals surface area contributed by atoms with Gasteiger partial charge in [0, 0.05) is 14.6 Å². The minimum Gasteiger partial charge on any atom is -0.398 e. The molecule has 0 heterocycles. The zero-order valence-electron chi connectivity index (χ0n) is 11.4. The Morgan fingerprint density at radius 3 is 2.38 bits per heavy atom. The van der Waals surface area contributed by atoms with Crippen LogP contribution in [0.3, 0.4) is 0 Å². The van der Waals surface area contributed by atoms with E-state index in [0.29, 0.717) is 21.4 Å². The summed E-state index contributed by atoms with van der Waals surface area (Å²) in [5, 5.41) is 0. The molecule has 0 amide bonds. The van der Waals surface area contributed by atoms with E-state index >= 15 is 0 Å². The number of nitrogen functional groups attached to an aromatic ring is 1. The molecule has 0 aliphatic rings. The normalized spacial score (nSPS) is 11.4. The molecule has 0 aliphatic carbocycles. The summed E-state index contributed by atoms with van der Waals surface area (Å²) in [6.45, 7) is 3.67. The third-order valence-electron chi connectivity index (χ3n) is 3.16. The van der Waals surface area contributed by atoms with Gasteiger partial charge in [-0.25, -0.2) is 8.42 Å². The van der Waals surface area contributed by atoms with Crippen LogP contribution in [0.2, 0.25) is 0 Å². The van der Waals surface area contributed by atoms with E-state index in [-0.39, 0.29) is 4.90 Å². The Labute approximate surface area is 141 Å². The number of nitrogens with one attached hydrogen (secondary N) is 1. The molecule has 0 spiro atoms. The molecule has 4 nitrogen and oxygen atoms in total. The molecule has 2 aromatic rings. The van der Waals surface area contributed by atoms with Gasteiger partial charge >= 0.3 is 0 Å². The van der Waals surface area contributed by atoms with Gasteiger partial charge in [0.1, 0.15) is 4.90 Å². The highest BCUT2D eigenvalue weighted by Crippen LogP contribution is 2.30. The lowest BCUT2D eigenvalue weighted by molar-refractivity contribution is 0.600. The van der Waals surface area contributed by atoms with Crippen molar-refractivity contribution in [3.8, 4) is 0 Å². The highest BCUT2D eigenvalue weighted by molar-refractivity contribution is 9.11. The maximum atomic E-state index is 12.5. The molecule has 0 aromatic heterocycles. The van der Waals surface area contributed by atoms with Crippen molar-refractivity contribution in [1.82, 2.24) is 0 Å². The van der Waals surface area contributed by atoms with Crippen LogP contribution in [0.15, 0.2) is 44.2 Å². The highest BCUT2D eigenvalue weighted by Gasteiger charge is 2.19. The Morgan fingerprint density at radius 2 is 1.76 bits per heavy atom. The summed E-state index contributed by atoms with van der Waals surface area (Å²) in [7, 11) is -3.69. The SMILES string of the molecule is Cc1ccc(NS(=O)(=O)c2ccc(Br)cc2Br)c(C)c1N. The van der Waals surface area contributed by atoms with Gasteiger partial charge in [-0.15, -0.1) is 0 Å². The summed E-state index contributed by atoms with van der Waals surface area (Å²) < 4.78 is 28.8. The molecule has 0 atom stereocenters. The van der Waals surface area contributed by atoms with Crippen LogP contribution in [0, 0.1) is 13.8 Å². The van der Waals surface area contributed by atoms with Crippen molar-refractivity contribution in [1.29, 1.82) is 0 Å². The number of halogens is 2. The van der Waals surface area contributed by atoms with E-state index in [4.69, 9.17) is 5.73 Å². The lowest BCUT2D eigenvalue weighted by Crippen LogP contribution is -2.15. The number of sulfonamides is 1. The van der Waals surface area contributed by atoms with Gasteiger partial charge in [-0.2, -0.15) is 0 Å². The number of benzene rings is 2. The first-order valence-corrected chi connectivity index (χ1v) is 9.13.